The minimum atomic E-state index is -1.66. The van der Waals surface area contributed by atoms with Gasteiger partial charge >= 0.3 is 0 Å². The molecule has 1 aromatic heterocycles. The van der Waals surface area contributed by atoms with Gasteiger partial charge in [0.25, 0.3) is 0 Å². The molecule has 4 rings (SSSR count). The van der Waals surface area contributed by atoms with Gasteiger partial charge in [-0.2, -0.15) is 0 Å². The smallest absolute Gasteiger partial charge is 0.195 e. The third kappa shape index (κ3) is 3.40. The predicted molar refractivity (Wildman–Crippen MR) is 122 cm³/mol. The third-order valence-electron chi connectivity index (χ3n) is 6.34. The molecule has 0 amide bonds. The number of ketones is 1. The molecular weight excluding hydrogens is 462 g/mol. The van der Waals surface area contributed by atoms with Gasteiger partial charge in [-0.25, -0.2) is 0 Å². The van der Waals surface area contributed by atoms with Gasteiger partial charge in [0.15, 0.2) is 5.78 Å². The lowest BCUT2D eigenvalue weighted by atomic mass is 9.71. The van der Waals surface area contributed by atoms with E-state index in [4.69, 9.17) is 4.74 Å². The van der Waals surface area contributed by atoms with Crippen LogP contribution < -0.4 is 4.74 Å². The molecule has 0 radical (unpaired) electrons. The van der Waals surface area contributed by atoms with Crippen molar-refractivity contribution in [2.24, 2.45) is 7.05 Å². The summed E-state index contributed by atoms with van der Waals surface area (Å²) in [7, 11) is 1.97. The Labute approximate surface area is 189 Å². The highest BCUT2D eigenvalue weighted by Crippen LogP contribution is 2.46. The van der Waals surface area contributed by atoms with Crippen LogP contribution in [0.25, 0.3) is 10.9 Å². The molecule has 1 heterocycles. The quantitative estimate of drug-likeness (QED) is 0.513. The van der Waals surface area contributed by atoms with E-state index in [1.165, 1.54) is 6.92 Å². The van der Waals surface area contributed by atoms with Crippen LogP contribution >= 0.6 is 15.9 Å². The van der Waals surface area contributed by atoms with Gasteiger partial charge in [-0.05, 0) is 42.8 Å². The molecule has 1 aliphatic carbocycles. The average Bonchev–Trinajstić information content (AvgIpc) is 3.03. The maximum absolute atomic E-state index is 13.5. The minimum Gasteiger partial charge on any atom is -0.491 e. The molecule has 3 N–H and O–H groups in total. The number of nitrogens with zero attached hydrogens (tertiary/aromatic N) is 1. The number of carbonyl (C=O) groups is 1. The second kappa shape index (κ2) is 7.45. The fourth-order valence-electron chi connectivity index (χ4n) is 4.42. The van der Waals surface area contributed by atoms with Gasteiger partial charge < -0.3 is 24.6 Å². The summed E-state index contributed by atoms with van der Waals surface area (Å²) in [4.78, 5) is 13.5. The zero-order chi connectivity index (χ0) is 22.7. The maximum Gasteiger partial charge on any atom is 0.195 e. The molecule has 1 unspecified atom stereocenters. The molecule has 1 aliphatic rings. The zero-order valence-corrected chi connectivity index (χ0v) is 19.5. The number of aromatic nitrogens is 1. The standard InChI is InChI=1S/C24H26BrNO5/c1-23(2)17-10-14(31-11-19(28)24(3,30)12-27)6-8-15(17)21(29)20-16-7-5-13(25)9-18(16)26(4)22(20)23/h5-10,19,27-28,30H,11-12H2,1-4H3/t19-,24?/m1/s1. The van der Waals surface area contributed by atoms with Crippen molar-refractivity contribution in [3.63, 3.8) is 0 Å². The summed E-state index contributed by atoms with van der Waals surface area (Å²) in [6, 6.07) is 11.2. The molecule has 2 atom stereocenters. The second-order valence-corrected chi connectivity index (χ2v) is 9.86. The second-order valence-electron chi connectivity index (χ2n) is 8.95. The van der Waals surface area contributed by atoms with Gasteiger partial charge in [0.05, 0.1) is 12.2 Å². The van der Waals surface area contributed by atoms with Crippen LogP contribution in [-0.4, -0.2) is 50.6 Å². The highest BCUT2D eigenvalue weighted by molar-refractivity contribution is 9.10. The number of hydrogen-bond donors (Lipinski definition) is 3. The summed E-state index contributed by atoms with van der Waals surface area (Å²) in [6.07, 6.45) is -1.26. The first kappa shape index (κ1) is 22.0. The van der Waals surface area contributed by atoms with Crippen LogP contribution in [0.3, 0.4) is 0 Å². The van der Waals surface area contributed by atoms with Gasteiger partial charge in [-0.3, -0.25) is 4.79 Å². The molecule has 0 fully saturated rings. The molecule has 2 aromatic carbocycles. The average molecular weight is 488 g/mol. The molecule has 31 heavy (non-hydrogen) atoms. The summed E-state index contributed by atoms with van der Waals surface area (Å²) in [5.74, 6) is 0.462. The van der Waals surface area contributed by atoms with E-state index in [1.807, 2.05) is 31.3 Å². The first-order valence-electron chi connectivity index (χ1n) is 10.1. The number of halogens is 1. The van der Waals surface area contributed by atoms with Gasteiger partial charge in [-0.1, -0.05) is 35.8 Å². The van der Waals surface area contributed by atoms with Gasteiger partial charge in [0, 0.05) is 39.1 Å². The van der Waals surface area contributed by atoms with Crippen molar-refractivity contribution in [1.29, 1.82) is 0 Å². The van der Waals surface area contributed by atoms with Crippen molar-refractivity contribution >= 4 is 32.6 Å². The Morgan fingerprint density at radius 1 is 1.23 bits per heavy atom. The largest absolute Gasteiger partial charge is 0.491 e. The summed E-state index contributed by atoms with van der Waals surface area (Å²) in [5.41, 5.74) is 2.01. The van der Waals surface area contributed by atoms with Gasteiger partial charge in [0.1, 0.15) is 24.1 Å². The number of rotatable bonds is 5. The van der Waals surface area contributed by atoms with Crippen LogP contribution in [0.2, 0.25) is 0 Å². The first-order valence-corrected chi connectivity index (χ1v) is 10.9. The number of carbonyl (C=O) groups excluding carboxylic acids is 1. The number of aliphatic hydroxyl groups excluding tert-OH is 2. The van der Waals surface area contributed by atoms with Crippen LogP contribution in [0.1, 0.15) is 48.0 Å². The van der Waals surface area contributed by atoms with Crippen LogP contribution in [0, 0.1) is 0 Å². The molecule has 0 saturated heterocycles. The highest BCUT2D eigenvalue weighted by Gasteiger charge is 2.41. The van der Waals surface area contributed by atoms with E-state index in [0.29, 0.717) is 11.3 Å². The van der Waals surface area contributed by atoms with Crippen molar-refractivity contribution in [2.75, 3.05) is 13.2 Å². The van der Waals surface area contributed by atoms with E-state index in [0.717, 1.165) is 32.2 Å². The van der Waals surface area contributed by atoms with Crippen molar-refractivity contribution < 1.29 is 24.9 Å². The lowest BCUT2D eigenvalue weighted by molar-refractivity contribution is -0.105. The molecule has 0 spiro atoms. The van der Waals surface area contributed by atoms with E-state index < -0.39 is 23.7 Å². The molecule has 3 aromatic rings. The van der Waals surface area contributed by atoms with Crippen molar-refractivity contribution in [3.05, 3.63) is 63.3 Å². The third-order valence-corrected chi connectivity index (χ3v) is 6.83. The monoisotopic (exact) mass is 487 g/mol. The molecule has 0 saturated carbocycles. The number of fused-ring (bicyclic) bond motifs is 4. The van der Waals surface area contributed by atoms with E-state index in [-0.39, 0.29) is 12.4 Å². The normalized spacial score (nSPS) is 17.7. The molecule has 6 nitrogen and oxygen atoms in total. The lowest BCUT2D eigenvalue weighted by Gasteiger charge is -2.34. The highest BCUT2D eigenvalue weighted by atomic mass is 79.9. The van der Waals surface area contributed by atoms with E-state index in [1.54, 1.807) is 12.1 Å². The lowest BCUT2D eigenvalue weighted by Crippen LogP contribution is -2.46. The van der Waals surface area contributed by atoms with Crippen LogP contribution in [-0.2, 0) is 12.5 Å². The number of benzene rings is 2. The Balaban J connectivity index is 1.77. The van der Waals surface area contributed by atoms with Crippen LogP contribution in [0.15, 0.2) is 40.9 Å². The maximum atomic E-state index is 13.5. The zero-order valence-electron chi connectivity index (χ0n) is 17.9. The predicted octanol–water partition coefficient (Wildman–Crippen LogP) is 3.29. The molecule has 7 heteroatoms. The first-order chi connectivity index (χ1) is 14.5. The number of hydrogen-bond acceptors (Lipinski definition) is 5. The summed E-state index contributed by atoms with van der Waals surface area (Å²) < 4.78 is 8.73. The SMILES string of the molecule is Cn1c2c(c3ccc(Br)cc31)C(=O)c1ccc(OC[C@@H](O)C(C)(O)CO)cc1C2(C)C. The van der Waals surface area contributed by atoms with Crippen molar-refractivity contribution in [1.82, 2.24) is 4.57 Å². The minimum absolute atomic E-state index is 0.0213. The van der Waals surface area contributed by atoms with Crippen LogP contribution in [0.5, 0.6) is 5.75 Å². The van der Waals surface area contributed by atoms with Crippen molar-refractivity contribution in [2.45, 2.75) is 37.9 Å². The molecule has 164 valence electrons. The van der Waals surface area contributed by atoms with E-state index >= 15 is 0 Å². The summed E-state index contributed by atoms with van der Waals surface area (Å²) in [6.45, 7) is 4.74. The molecular formula is C24H26BrNO5. The van der Waals surface area contributed by atoms with Gasteiger partial charge in [0.2, 0.25) is 0 Å². The molecule has 0 aliphatic heterocycles. The number of ether oxygens (including phenoxy) is 1. The Morgan fingerprint density at radius 2 is 1.94 bits per heavy atom. The van der Waals surface area contributed by atoms with Crippen molar-refractivity contribution in [3.8, 4) is 5.75 Å². The van der Waals surface area contributed by atoms with E-state index in [2.05, 4.69) is 34.3 Å². The van der Waals surface area contributed by atoms with E-state index in [9.17, 15) is 20.1 Å². The Morgan fingerprint density at radius 3 is 2.61 bits per heavy atom. The number of aliphatic hydroxyl groups is 3. The van der Waals surface area contributed by atoms with Gasteiger partial charge in [-0.15, -0.1) is 0 Å². The Hall–Kier alpha value is -2.19. The summed E-state index contributed by atoms with van der Waals surface area (Å²) in [5, 5.41) is 30.2. The fraction of sp³-hybridized carbons (Fsp3) is 0.375. The summed E-state index contributed by atoms with van der Waals surface area (Å²) >= 11 is 3.52. The Kier molecular flexibility index (Phi) is 5.29. The van der Waals surface area contributed by atoms with Crippen LogP contribution in [0.4, 0.5) is 0 Å². The molecule has 0 bridgehead atoms. The fourth-order valence-corrected chi connectivity index (χ4v) is 4.77. The topological polar surface area (TPSA) is 91.9 Å². The Bertz CT molecular complexity index is 1190. The number of aryl methyl sites for hydroxylation is 1.